The minimum absolute atomic E-state index is 0.107. The molecule has 1 N–H and O–H groups in total. The van der Waals surface area contributed by atoms with Gasteiger partial charge in [0.05, 0.1) is 17.2 Å². The van der Waals surface area contributed by atoms with E-state index >= 15 is 0 Å². The summed E-state index contributed by atoms with van der Waals surface area (Å²) in [6, 6.07) is 11.5. The maximum Gasteiger partial charge on any atom is 0.161 e. The van der Waals surface area contributed by atoms with E-state index < -0.39 is 0 Å². The molecule has 0 atom stereocenters. The Hall–Kier alpha value is -1.42. The predicted octanol–water partition coefficient (Wildman–Crippen LogP) is 5.86. The van der Waals surface area contributed by atoms with Crippen molar-refractivity contribution < 1.29 is 9.47 Å². The van der Waals surface area contributed by atoms with Crippen LogP contribution in [0.4, 0.5) is 0 Å². The van der Waals surface area contributed by atoms with Crippen molar-refractivity contribution >= 4 is 23.2 Å². The summed E-state index contributed by atoms with van der Waals surface area (Å²) >= 11 is 12.0. The van der Waals surface area contributed by atoms with Crippen LogP contribution in [0.25, 0.3) is 0 Å². The number of hydrogen-bond donors (Lipinski definition) is 1. The van der Waals surface area contributed by atoms with Crippen molar-refractivity contribution in [2.75, 3.05) is 7.11 Å². The fraction of sp³-hybridized carbons (Fsp3) is 0.400. The Bertz CT molecular complexity index is 717. The molecule has 2 rings (SSSR count). The van der Waals surface area contributed by atoms with E-state index in [-0.39, 0.29) is 5.54 Å². The molecule has 0 aliphatic heterocycles. The summed E-state index contributed by atoms with van der Waals surface area (Å²) in [7, 11) is 1.65. The summed E-state index contributed by atoms with van der Waals surface area (Å²) in [4.78, 5) is 0. The van der Waals surface area contributed by atoms with Gasteiger partial charge in [0.15, 0.2) is 11.5 Å². The first kappa shape index (κ1) is 19.9. The first-order valence-electron chi connectivity index (χ1n) is 8.33. The number of nitrogens with one attached hydrogen (secondary N) is 1. The van der Waals surface area contributed by atoms with Crippen LogP contribution in [0.5, 0.6) is 11.5 Å². The zero-order valence-electron chi connectivity index (χ0n) is 15.2. The molecular weight excluding hydrogens is 357 g/mol. The Morgan fingerprint density at radius 3 is 2.32 bits per heavy atom. The molecule has 0 saturated heterocycles. The highest BCUT2D eigenvalue weighted by atomic mass is 35.5. The topological polar surface area (TPSA) is 30.5 Å². The second kappa shape index (κ2) is 8.79. The minimum Gasteiger partial charge on any atom is -0.493 e. The number of methoxy groups -OCH3 is 1. The highest BCUT2D eigenvalue weighted by Crippen LogP contribution is 2.30. The molecule has 0 spiro atoms. The fourth-order valence-electron chi connectivity index (χ4n) is 2.20. The summed E-state index contributed by atoms with van der Waals surface area (Å²) in [5.41, 5.74) is 2.21. The maximum atomic E-state index is 6.04. The fourth-order valence-corrected chi connectivity index (χ4v) is 2.52. The van der Waals surface area contributed by atoms with Crippen molar-refractivity contribution in [1.82, 2.24) is 5.32 Å². The van der Waals surface area contributed by atoms with Gasteiger partial charge in [-0.05, 0) is 55.7 Å². The van der Waals surface area contributed by atoms with Gasteiger partial charge in [-0.25, -0.2) is 0 Å². The first-order chi connectivity index (χ1) is 11.8. The molecule has 3 nitrogen and oxygen atoms in total. The molecule has 136 valence electrons. The highest BCUT2D eigenvalue weighted by molar-refractivity contribution is 6.42. The van der Waals surface area contributed by atoms with Gasteiger partial charge < -0.3 is 14.8 Å². The van der Waals surface area contributed by atoms with Gasteiger partial charge in [-0.1, -0.05) is 42.3 Å². The summed E-state index contributed by atoms with van der Waals surface area (Å²) < 4.78 is 11.4. The van der Waals surface area contributed by atoms with Crippen molar-refractivity contribution in [3.63, 3.8) is 0 Å². The van der Waals surface area contributed by atoms with E-state index in [1.165, 1.54) is 0 Å². The normalized spacial score (nSPS) is 11.4. The molecule has 0 heterocycles. The molecule has 0 fully saturated rings. The van der Waals surface area contributed by atoms with Crippen LogP contribution in [-0.2, 0) is 13.2 Å². The molecule has 0 aromatic heterocycles. The van der Waals surface area contributed by atoms with E-state index in [9.17, 15) is 0 Å². The highest BCUT2D eigenvalue weighted by Gasteiger charge is 2.14. The van der Waals surface area contributed by atoms with Crippen molar-refractivity contribution in [3.05, 3.63) is 57.6 Å². The quantitative estimate of drug-likeness (QED) is 0.620. The number of benzene rings is 2. The molecule has 2 aromatic rings. The Balaban J connectivity index is 2.04. The van der Waals surface area contributed by atoms with Crippen LogP contribution < -0.4 is 14.8 Å². The number of hydrogen-bond acceptors (Lipinski definition) is 3. The van der Waals surface area contributed by atoms with E-state index in [0.29, 0.717) is 28.2 Å². The Labute approximate surface area is 160 Å². The van der Waals surface area contributed by atoms with Crippen LogP contribution in [0.1, 0.15) is 38.3 Å². The Morgan fingerprint density at radius 1 is 0.960 bits per heavy atom. The first-order valence-corrected chi connectivity index (χ1v) is 9.09. The van der Waals surface area contributed by atoms with Gasteiger partial charge in [-0.15, -0.1) is 0 Å². The molecular formula is C20H25Cl2NO2. The summed E-state index contributed by atoms with van der Waals surface area (Å²) in [6.45, 7) is 7.74. The van der Waals surface area contributed by atoms with Gasteiger partial charge in [0.1, 0.15) is 6.61 Å². The molecule has 25 heavy (non-hydrogen) atoms. The molecule has 0 unspecified atom stereocenters. The Kier molecular flexibility index (Phi) is 7.00. The van der Waals surface area contributed by atoms with Crippen molar-refractivity contribution in [1.29, 1.82) is 0 Å². The van der Waals surface area contributed by atoms with Crippen molar-refractivity contribution in [3.8, 4) is 11.5 Å². The van der Waals surface area contributed by atoms with E-state index in [4.69, 9.17) is 32.7 Å². The lowest BCUT2D eigenvalue weighted by Crippen LogP contribution is -2.37. The molecule has 0 bridgehead atoms. The lowest BCUT2D eigenvalue weighted by atomic mass is 10.0. The molecule has 0 saturated carbocycles. The van der Waals surface area contributed by atoms with Crippen LogP contribution >= 0.6 is 23.2 Å². The maximum absolute atomic E-state index is 6.04. The monoisotopic (exact) mass is 381 g/mol. The average molecular weight is 382 g/mol. The second-order valence-electron chi connectivity index (χ2n) is 6.61. The third-order valence-electron chi connectivity index (χ3n) is 4.26. The van der Waals surface area contributed by atoms with E-state index in [1.807, 2.05) is 30.3 Å². The Morgan fingerprint density at radius 2 is 1.68 bits per heavy atom. The third kappa shape index (κ3) is 5.81. The number of halogens is 2. The lowest BCUT2D eigenvalue weighted by molar-refractivity contribution is 0.284. The van der Waals surface area contributed by atoms with Gasteiger partial charge in [0.25, 0.3) is 0 Å². The van der Waals surface area contributed by atoms with Gasteiger partial charge in [-0.3, -0.25) is 0 Å². The van der Waals surface area contributed by atoms with Crippen molar-refractivity contribution in [2.45, 2.75) is 45.9 Å². The molecule has 0 aliphatic rings. The summed E-state index contributed by atoms with van der Waals surface area (Å²) in [6.07, 6.45) is 1.06. The van der Waals surface area contributed by atoms with E-state index in [2.05, 4.69) is 26.1 Å². The summed E-state index contributed by atoms with van der Waals surface area (Å²) in [5, 5.41) is 4.60. The second-order valence-corrected chi connectivity index (χ2v) is 7.43. The van der Waals surface area contributed by atoms with Gasteiger partial charge >= 0.3 is 0 Å². The lowest BCUT2D eigenvalue weighted by Gasteiger charge is -2.24. The number of ether oxygens (including phenoxy) is 2. The predicted molar refractivity (Wildman–Crippen MR) is 105 cm³/mol. The van der Waals surface area contributed by atoms with E-state index in [0.717, 1.165) is 24.1 Å². The molecule has 0 radical (unpaired) electrons. The standard InChI is InChI=1S/C20H25Cl2NO2/c1-5-20(2,3)23-12-14-7-9-18(19(11-14)24-4)25-13-15-6-8-16(21)17(22)10-15/h6-11,23H,5,12-13H2,1-4H3. The minimum atomic E-state index is 0.107. The van der Waals surface area contributed by atoms with Crippen LogP contribution in [-0.4, -0.2) is 12.6 Å². The van der Waals surface area contributed by atoms with Gasteiger partial charge in [0, 0.05) is 12.1 Å². The molecule has 0 amide bonds. The zero-order chi connectivity index (χ0) is 18.4. The van der Waals surface area contributed by atoms with Gasteiger partial charge in [-0.2, -0.15) is 0 Å². The van der Waals surface area contributed by atoms with Gasteiger partial charge in [0.2, 0.25) is 0 Å². The largest absolute Gasteiger partial charge is 0.493 e. The van der Waals surface area contributed by atoms with E-state index in [1.54, 1.807) is 13.2 Å². The van der Waals surface area contributed by atoms with Crippen LogP contribution in [0.3, 0.4) is 0 Å². The smallest absolute Gasteiger partial charge is 0.161 e. The van der Waals surface area contributed by atoms with Crippen LogP contribution in [0.15, 0.2) is 36.4 Å². The van der Waals surface area contributed by atoms with Crippen LogP contribution in [0, 0.1) is 0 Å². The third-order valence-corrected chi connectivity index (χ3v) is 5.00. The summed E-state index contributed by atoms with van der Waals surface area (Å²) in [5.74, 6) is 1.42. The zero-order valence-corrected chi connectivity index (χ0v) is 16.7. The molecule has 0 aliphatic carbocycles. The van der Waals surface area contributed by atoms with Crippen LogP contribution in [0.2, 0.25) is 10.0 Å². The SMILES string of the molecule is CCC(C)(C)NCc1ccc(OCc2ccc(Cl)c(Cl)c2)c(OC)c1. The molecule has 2 aromatic carbocycles. The molecule has 5 heteroatoms. The number of rotatable bonds is 8. The van der Waals surface area contributed by atoms with Crippen molar-refractivity contribution in [2.24, 2.45) is 0 Å². The average Bonchev–Trinajstić information content (AvgIpc) is 2.61.